The molecule has 1 atom stereocenters. The van der Waals surface area contributed by atoms with Crippen molar-refractivity contribution in [2.75, 3.05) is 23.1 Å². The molecule has 3 rings (SSSR count). The van der Waals surface area contributed by atoms with Crippen LogP contribution in [0.1, 0.15) is 18.9 Å². The summed E-state index contributed by atoms with van der Waals surface area (Å²) >= 11 is 0. The average molecular weight is 388 g/mol. The van der Waals surface area contributed by atoms with E-state index in [1.807, 2.05) is 18.2 Å². The third kappa shape index (κ3) is 4.60. The van der Waals surface area contributed by atoms with Gasteiger partial charge in [0.1, 0.15) is 5.75 Å². The largest absolute Gasteiger partial charge is 0.476 e. The van der Waals surface area contributed by atoms with Crippen LogP contribution in [-0.2, 0) is 21.2 Å². The van der Waals surface area contributed by atoms with Crippen LogP contribution >= 0.6 is 0 Å². The van der Waals surface area contributed by atoms with E-state index in [0.717, 1.165) is 12.8 Å². The molecule has 1 heterocycles. The Morgan fingerprint density at radius 2 is 1.85 bits per heavy atom. The molecule has 6 nitrogen and oxygen atoms in total. The Bertz CT molecular complexity index is 884. The Hall–Kier alpha value is -2.54. The number of fused-ring (bicyclic) bond motifs is 1. The summed E-state index contributed by atoms with van der Waals surface area (Å²) in [4.78, 5) is 12.5. The molecule has 1 aliphatic rings. The van der Waals surface area contributed by atoms with Crippen molar-refractivity contribution in [1.29, 1.82) is 0 Å². The quantitative estimate of drug-likeness (QED) is 0.739. The lowest BCUT2D eigenvalue weighted by atomic mass is 10.1. The van der Waals surface area contributed by atoms with Gasteiger partial charge in [-0.1, -0.05) is 42.5 Å². The summed E-state index contributed by atoms with van der Waals surface area (Å²) in [5.74, 6) is 0.0753. The van der Waals surface area contributed by atoms with E-state index in [1.165, 1.54) is 9.87 Å². The number of carbonyl (C=O) groups excluding carboxylic acids is 1. The van der Waals surface area contributed by atoms with Crippen molar-refractivity contribution >= 4 is 21.6 Å². The van der Waals surface area contributed by atoms with Crippen LogP contribution in [-0.4, -0.2) is 39.3 Å². The van der Waals surface area contributed by atoms with Gasteiger partial charge < -0.3 is 10.1 Å². The molecule has 0 radical (unpaired) electrons. The van der Waals surface area contributed by atoms with E-state index in [1.54, 1.807) is 31.2 Å². The number of amides is 1. The lowest BCUT2D eigenvalue weighted by molar-refractivity contribution is -0.127. The van der Waals surface area contributed by atoms with Crippen LogP contribution in [0.2, 0.25) is 0 Å². The summed E-state index contributed by atoms with van der Waals surface area (Å²) in [5.41, 5.74) is 1.70. The second-order valence-corrected chi connectivity index (χ2v) is 8.57. The molecule has 0 saturated carbocycles. The van der Waals surface area contributed by atoms with Crippen LogP contribution in [0.5, 0.6) is 5.75 Å². The van der Waals surface area contributed by atoms with Gasteiger partial charge in [-0.15, -0.1) is 0 Å². The van der Waals surface area contributed by atoms with Crippen molar-refractivity contribution in [3.8, 4) is 5.75 Å². The number of ether oxygens (including phenoxy) is 1. The van der Waals surface area contributed by atoms with Crippen LogP contribution in [0.15, 0.2) is 54.6 Å². The van der Waals surface area contributed by atoms with Crippen molar-refractivity contribution in [3.05, 3.63) is 60.2 Å². The summed E-state index contributed by atoms with van der Waals surface area (Å²) < 4.78 is 31.9. The molecule has 0 fully saturated rings. The Morgan fingerprint density at radius 1 is 1.15 bits per heavy atom. The lowest BCUT2D eigenvalue weighted by Crippen LogP contribution is -2.51. The molecule has 7 heteroatoms. The summed E-state index contributed by atoms with van der Waals surface area (Å²) in [6.45, 7) is 2.08. The maximum absolute atomic E-state index is 12.5. The Morgan fingerprint density at radius 3 is 2.59 bits per heavy atom. The van der Waals surface area contributed by atoms with E-state index in [9.17, 15) is 13.2 Å². The molecule has 1 N–H and O–H groups in total. The van der Waals surface area contributed by atoms with E-state index >= 15 is 0 Å². The molecule has 144 valence electrons. The number of carbonyl (C=O) groups is 1. The van der Waals surface area contributed by atoms with Crippen LogP contribution in [0.3, 0.4) is 0 Å². The van der Waals surface area contributed by atoms with E-state index in [-0.39, 0.29) is 18.2 Å². The van der Waals surface area contributed by atoms with Gasteiger partial charge in [0, 0.05) is 6.54 Å². The minimum absolute atomic E-state index is 0.0162. The molecule has 0 bridgehead atoms. The summed E-state index contributed by atoms with van der Waals surface area (Å²) in [5, 5.41) is 2.86. The van der Waals surface area contributed by atoms with Gasteiger partial charge in [-0.05, 0) is 37.5 Å². The van der Waals surface area contributed by atoms with E-state index in [4.69, 9.17) is 4.74 Å². The second-order valence-electron chi connectivity index (χ2n) is 6.39. The van der Waals surface area contributed by atoms with Crippen LogP contribution in [0, 0.1) is 0 Å². The molecule has 1 aliphatic heterocycles. The summed E-state index contributed by atoms with van der Waals surface area (Å²) in [6.07, 6.45) is 0.805. The lowest BCUT2D eigenvalue weighted by Gasteiger charge is -2.34. The van der Waals surface area contributed by atoms with Crippen LogP contribution < -0.4 is 14.4 Å². The molecule has 2 aromatic rings. The van der Waals surface area contributed by atoms with Gasteiger partial charge in [-0.3, -0.25) is 9.10 Å². The molecule has 0 aliphatic carbocycles. The first kappa shape index (κ1) is 19.2. The van der Waals surface area contributed by atoms with Crippen molar-refractivity contribution in [3.63, 3.8) is 0 Å². The van der Waals surface area contributed by atoms with Crippen LogP contribution in [0.25, 0.3) is 0 Å². The SMILES string of the molecule is CCS(=O)(=O)N1C[C@@H](C(=O)NCCCc2ccccc2)Oc2ccccc21. The number of benzene rings is 2. The first-order chi connectivity index (χ1) is 13.0. The third-order valence-electron chi connectivity index (χ3n) is 4.51. The summed E-state index contributed by atoms with van der Waals surface area (Å²) in [7, 11) is -3.49. The summed E-state index contributed by atoms with van der Waals surface area (Å²) in [6, 6.07) is 16.9. The predicted octanol–water partition coefficient (Wildman–Crippen LogP) is 2.35. The smallest absolute Gasteiger partial charge is 0.263 e. The van der Waals surface area contributed by atoms with Gasteiger partial charge in [0.15, 0.2) is 6.10 Å². The molecular formula is C20H24N2O4S. The monoisotopic (exact) mass is 388 g/mol. The molecule has 0 unspecified atom stereocenters. The number of anilines is 1. The first-order valence-electron chi connectivity index (χ1n) is 9.09. The molecular weight excluding hydrogens is 364 g/mol. The highest BCUT2D eigenvalue weighted by Crippen LogP contribution is 2.34. The van der Waals surface area contributed by atoms with Crippen molar-refractivity contribution in [1.82, 2.24) is 5.32 Å². The number of nitrogens with zero attached hydrogens (tertiary/aromatic N) is 1. The van der Waals surface area contributed by atoms with E-state index < -0.39 is 16.1 Å². The predicted molar refractivity (Wildman–Crippen MR) is 105 cm³/mol. The highest BCUT2D eigenvalue weighted by molar-refractivity contribution is 7.92. The average Bonchev–Trinajstić information content (AvgIpc) is 2.71. The van der Waals surface area contributed by atoms with Crippen LogP contribution in [0.4, 0.5) is 5.69 Å². The number of hydrogen-bond acceptors (Lipinski definition) is 4. The number of para-hydroxylation sites is 2. The molecule has 0 spiro atoms. The highest BCUT2D eigenvalue weighted by atomic mass is 32.2. The first-order valence-corrected chi connectivity index (χ1v) is 10.7. The van der Waals surface area contributed by atoms with Crippen molar-refractivity contribution < 1.29 is 17.9 Å². The Balaban J connectivity index is 1.62. The molecule has 2 aromatic carbocycles. The van der Waals surface area contributed by atoms with Gasteiger partial charge >= 0.3 is 0 Å². The van der Waals surface area contributed by atoms with E-state index in [2.05, 4.69) is 17.4 Å². The number of hydrogen-bond donors (Lipinski definition) is 1. The molecule has 1 amide bonds. The fraction of sp³-hybridized carbons (Fsp3) is 0.350. The zero-order valence-corrected chi connectivity index (χ0v) is 16.1. The molecule has 0 aromatic heterocycles. The minimum atomic E-state index is -3.49. The van der Waals surface area contributed by atoms with Crippen molar-refractivity contribution in [2.24, 2.45) is 0 Å². The third-order valence-corrected chi connectivity index (χ3v) is 6.26. The van der Waals surface area contributed by atoms with Gasteiger partial charge in [0.05, 0.1) is 18.0 Å². The topological polar surface area (TPSA) is 75.7 Å². The minimum Gasteiger partial charge on any atom is -0.476 e. The number of nitrogens with one attached hydrogen (secondary N) is 1. The van der Waals surface area contributed by atoms with Gasteiger partial charge in [0.2, 0.25) is 10.0 Å². The number of rotatable bonds is 7. The second kappa shape index (κ2) is 8.43. The van der Waals surface area contributed by atoms with E-state index in [0.29, 0.717) is 18.0 Å². The molecule has 0 saturated heterocycles. The molecule has 27 heavy (non-hydrogen) atoms. The Kier molecular flexibility index (Phi) is 6.01. The highest BCUT2D eigenvalue weighted by Gasteiger charge is 2.35. The van der Waals surface area contributed by atoms with Gasteiger partial charge in [0.25, 0.3) is 5.91 Å². The fourth-order valence-electron chi connectivity index (χ4n) is 3.02. The van der Waals surface area contributed by atoms with Crippen molar-refractivity contribution in [2.45, 2.75) is 25.9 Å². The number of aryl methyl sites for hydroxylation is 1. The maximum atomic E-state index is 12.5. The fourth-order valence-corrected chi connectivity index (χ4v) is 4.15. The standard InChI is InChI=1S/C20H24N2O4S/c1-2-27(24,25)22-15-19(26-18-13-7-6-12-17(18)22)20(23)21-14-8-11-16-9-4-3-5-10-16/h3-7,9-10,12-13,19H,2,8,11,14-15H2,1H3,(H,21,23)/t19-/m0/s1. The zero-order chi connectivity index (χ0) is 19.3. The Labute approximate surface area is 160 Å². The maximum Gasteiger partial charge on any atom is 0.263 e. The normalized spacial score (nSPS) is 16.3. The van der Waals surface area contributed by atoms with Gasteiger partial charge in [-0.25, -0.2) is 8.42 Å². The van der Waals surface area contributed by atoms with Gasteiger partial charge in [-0.2, -0.15) is 0 Å². The number of sulfonamides is 1. The zero-order valence-electron chi connectivity index (χ0n) is 15.3.